The average molecular weight is 327 g/mol. The van der Waals surface area contributed by atoms with Gasteiger partial charge in [0.05, 0.1) is 17.1 Å². The molecule has 2 amide bonds. The molecule has 5 N–H and O–H groups in total. The molecule has 8 heteroatoms. The van der Waals surface area contributed by atoms with Gasteiger partial charge >= 0.3 is 0 Å². The maximum Gasteiger partial charge on any atom is 0.261 e. The molecule has 23 heavy (non-hydrogen) atoms. The molecule has 2 heterocycles. The van der Waals surface area contributed by atoms with Gasteiger partial charge < -0.3 is 16.8 Å². The summed E-state index contributed by atoms with van der Waals surface area (Å²) in [6.45, 7) is -0.216. The number of nitrogen functional groups attached to an aromatic ring is 1. The monoisotopic (exact) mass is 327 g/mol. The Bertz CT molecular complexity index is 892. The van der Waals surface area contributed by atoms with E-state index in [9.17, 15) is 9.59 Å². The fourth-order valence-electron chi connectivity index (χ4n) is 2.12. The number of anilines is 1. The first-order chi connectivity index (χ1) is 11.0. The summed E-state index contributed by atoms with van der Waals surface area (Å²) in [6.07, 6.45) is 0. The summed E-state index contributed by atoms with van der Waals surface area (Å²) in [5, 5.41) is 3.19. The van der Waals surface area contributed by atoms with Crippen LogP contribution in [0.4, 0.5) is 5.95 Å². The van der Waals surface area contributed by atoms with Crippen LogP contribution in [0.25, 0.3) is 21.5 Å². The van der Waals surface area contributed by atoms with Crippen LogP contribution in [-0.4, -0.2) is 28.3 Å². The summed E-state index contributed by atoms with van der Waals surface area (Å²) in [6, 6.07) is 11.2. The van der Waals surface area contributed by atoms with Gasteiger partial charge in [0.2, 0.25) is 11.9 Å². The second-order valence-corrected chi connectivity index (χ2v) is 5.81. The van der Waals surface area contributed by atoms with E-state index in [1.165, 1.54) is 11.3 Å². The minimum Gasteiger partial charge on any atom is -0.368 e. The van der Waals surface area contributed by atoms with Crippen molar-refractivity contribution in [3.63, 3.8) is 0 Å². The van der Waals surface area contributed by atoms with Crippen molar-refractivity contribution >= 4 is 39.3 Å². The number of fused-ring (bicyclic) bond motifs is 1. The van der Waals surface area contributed by atoms with Gasteiger partial charge in [-0.05, 0) is 6.07 Å². The fourth-order valence-corrected chi connectivity index (χ4v) is 3.08. The number of nitrogens with one attached hydrogen (secondary N) is 1. The second-order valence-electron chi connectivity index (χ2n) is 4.77. The first kappa shape index (κ1) is 14.9. The molecule has 0 aliphatic heterocycles. The van der Waals surface area contributed by atoms with Crippen molar-refractivity contribution in [2.24, 2.45) is 5.73 Å². The molecule has 0 bridgehead atoms. The van der Waals surface area contributed by atoms with E-state index in [1.807, 2.05) is 30.3 Å². The van der Waals surface area contributed by atoms with Crippen molar-refractivity contribution in [3.05, 3.63) is 41.3 Å². The highest BCUT2D eigenvalue weighted by atomic mass is 32.1. The van der Waals surface area contributed by atoms with Gasteiger partial charge in [-0.15, -0.1) is 11.3 Å². The number of nitrogens with two attached hydrogens (primary N) is 2. The predicted octanol–water partition coefficient (Wildman–Crippen LogP) is 1.16. The van der Waals surface area contributed by atoms with E-state index in [1.54, 1.807) is 6.07 Å². The Labute approximate surface area is 135 Å². The van der Waals surface area contributed by atoms with Crippen LogP contribution in [-0.2, 0) is 4.79 Å². The quantitative estimate of drug-likeness (QED) is 0.663. The van der Waals surface area contributed by atoms with E-state index >= 15 is 0 Å². The molecule has 0 fully saturated rings. The van der Waals surface area contributed by atoms with E-state index in [2.05, 4.69) is 15.3 Å². The van der Waals surface area contributed by atoms with E-state index < -0.39 is 5.91 Å². The van der Waals surface area contributed by atoms with Crippen LogP contribution in [0.15, 0.2) is 36.4 Å². The Balaban J connectivity index is 2.06. The normalized spacial score (nSPS) is 10.6. The van der Waals surface area contributed by atoms with E-state index in [0.29, 0.717) is 15.4 Å². The third-order valence-corrected chi connectivity index (χ3v) is 4.13. The van der Waals surface area contributed by atoms with Gasteiger partial charge in [0, 0.05) is 10.9 Å². The SMILES string of the molecule is NC(=O)CNC(=O)c1cc2c(-c3ccccc3)nc(N)nc2s1. The van der Waals surface area contributed by atoms with Gasteiger partial charge in [-0.25, -0.2) is 9.97 Å². The van der Waals surface area contributed by atoms with Gasteiger partial charge in [-0.3, -0.25) is 9.59 Å². The number of amides is 2. The topological polar surface area (TPSA) is 124 Å². The summed E-state index contributed by atoms with van der Waals surface area (Å²) in [5.74, 6) is -0.847. The number of carbonyl (C=O) groups is 2. The highest BCUT2D eigenvalue weighted by Gasteiger charge is 2.16. The molecular formula is C15H13N5O2S. The maximum absolute atomic E-state index is 12.1. The number of primary amides is 1. The highest BCUT2D eigenvalue weighted by Crippen LogP contribution is 2.32. The number of hydrogen-bond donors (Lipinski definition) is 3. The molecule has 1 aromatic carbocycles. The number of carbonyl (C=O) groups excluding carboxylic acids is 2. The van der Waals surface area contributed by atoms with Crippen molar-refractivity contribution in [3.8, 4) is 11.3 Å². The fraction of sp³-hybridized carbons (Fsp3) is 0.0667. The number of benzene rings is 1. The van der Waals surface area contributed by atoms with Crippen LogP contribution in [0.1, 0.15) is 9.67 Å². The molecule has 2 aromatic heterocycles. The highest BCUT2D eigenvalue weighted by molar-refractivity contribution is 7.20. The standard InChI is InChI=1S/C15H13N5O2S/c16-11(21)7-18-13(22)10-6-9-12(8-4-2-1-3-5-8)19-15(17)20-14(9)23-10/h1-6H,7H2,(H2,16,21)(H,18,22)(H2,17,19,20). The Hall–Kier alpha value is -3.00. The molecule has 0 unspecified atom stereocenters. The van der Waals surface area contributed by atoms with E-state index in [4.69, 9.17) is 11.5 Å². The van der Waals surface area contributed by atoms with Crippen LogP contribution in [0.3, 0.4) is 0 Å². The predicted molar refractivity (Wildman–Crippen MR) is 88.8 cm³/mol. The number of aromatic nitrogens is 2. The van der Waals surface area contributed by atoms with Gasteiger partial charge in [-0.1, -0.05) is 30.3 Å². The zero-order valence-electron chi connectivity index (χ0n) is 11.9. The zero-order chi connectivity index (χ0) is 16.4. The molecule has 0 saturated carbocycles. The number of rotatable bonds is 4. The van der Waals surface area contributed by atoms with Gasteiger partial charge in [0.15, 0.2) is 0 Å². The number of nitrogens with zero attached hydrogens (tertiary/aromatic N) is 2. The Morgan fingerprint density at radius 1 is 1.17 bits per heavy atom. The van der Waals surface area contributed by atoms with Crippen molar-refractivity contribution in [1.29, 1.82) is 0 Å². The minimum atomic E-state index is -0.603. The largest absolute Gasteiger partial charge is 0.368 e. The third-order valence-electron chi connectivity index (χ3n) is 3.10. The Morgan fingerprint density at radius 3 is 2.61 bits per heavy atom. The number of hydrogen-bond acceptors (Lipinski definition) is 6. The van der Waals surface area contributed by atoms with Crippen LogP contribution < -0.4 is 16.8 Å². The van der Waals surface area contributed by atoms with Crippen molar-refractivity contribution in [2.45, 2.75) is 0 Å². The molecule has 3 aromatic rings. The summed E-state index contributed by atoms with van der Waals surface area (Å²) < 4.78 is 0. The lowest BCUT2D eigenvalue weighted by atomic mass is 10.1. The van der Waals surface area contributed by atoms with Gasteiger partial charge in [0.1, 0.15) is 4.83 Å². The molecule has 116 valence electrons. The lowest BCUT2D eigenvalue weighted by Crippen LogP contribution is -2.32. The molecule has 0 atom stereocenters. The lowest BCUT2D eigenvalue weighted by molar-refractivity contribution is -0.117. The Morgan fingerprint density at radius 2 is 1.91 bits per heavy atom. The summed E-state index contributed by atoms with van der Waals surface area (Å²) in [4.78, 5) is 32.3. The summed E-state index contributed by atoms with van der Waals surface area (Å²) >= 11 is 1.18. The lowest BCUT2D eigenvalue weighted by Gasteiger charge is -2.03. The van der Waals surface area contributed by atoms with Crippen molar-refractivity contribution < 1.29 is 9.59 Å². The molecule has 0 spiro atoms. The molecule has 0 aliphatic rings. The molecule has 0 aliphatic carbocycles. The first-order valence-electron chi connectivity index (χ1n) is 6.73. The number of thiophene rings is 1. The molecular weight excluding hydrogens is 314 g/mol. The maximum atomic E-state index is 12.1. The molecule has 0 radical (unpaired) electrons. The summed E-state index contributed by atoms with van der Waals surface area (Å²) in [5.41, 5.74) is 12.3. The average Bonchev–Trinajstić information content (AvgIpc) is 2.96. The van der Waals surface area contributed by atoms with E-state index in [0.717, 1.165) is 10.9 Å². The second kappa shape index (κ2) is 6.01. The Kier molecular flexibility index (Phi) is 3.90. The molecule has 0 saturated heterocycles. The van der Waals surface area contributed by atoms with Gasteiger partial charge in [0.25, 0.3) is 5.91 Å². The molecule has 3 rings (SSSR count). The smallest absolute Gasteiger partial charge is 0.261 e. The van der Waals surface area contributed by atoms with Crippen molar-refractivity contribution in [2.75, 3.05) is 12.3 Å². The van der Waals surface area contributed by atoms with Crippen LogP contribution in [0, 0.1) is 0 Å². The van der Waals surface area contributed by atoms with E-state index in [-0.39, 0.29) is 18.4 Å². The third kappa shape index (κ3) is 3.11. The van der Waals surface area contributed by atoms with Gasteiger partial charge in [-0.2, -0.15) is 0 Å². The van der Waals surface area contributed by atoms with Crippen LogP contribution >= 0.6 is 11.3 Å². The first-order valence-corrected chi connectivity index (χ1v) is 7.55. The van der Waals surface area contributed by atoms with Crippen LogP contribution in [0.2, 0.25) is 0 Å². The minimum absolute atomic E-state index is 0.141. The zero-order valence-corrected chi connectivity index (χ0v) is 12.8. The summed E-state index contributed by atoms with van der Waals surface area (Å²) in [7, 11) is 0. The van der Waals surface area contributed by atoms with Crippen molar-refractivity contribution in [1.82, 2.24) is 15.3 Å². The van der Waals surface area contributed by atoms with Crippen LogP contribution in [0.5, 0.6) is 0 Å². The molecule has 7 nitrogen and oxygen atoms in total.